The van der Waals surface area contributed by atoms with E-state index in [2.05, 4.69) is 42.5 Å². The molecule has 1 aliphatic heterocycles. The zero-order chi connectivity index (χ0) is 11.8. The second-order valence-electron chi connectivity index (χ2n) is 4.06. The molecule has 0 amide bonds. The van der Waals surface area contributed by atoms with Gasteiger partial charge in [-0.2, -0.15) is 0 Å². The van der Waals surface area contributed by atoms with Crippen LogP contribution in [0.3, 0.4) is 0 Å². The standard InChI is InChI=1S/C14H17P3/c1-2-7-11-14(13-9-5-4-6-10-13)16-17-15-12-8-3-1/h4-7,9-11H,1-3,8,12H2/b11-7-. The molecule has 0 saturated heterocycles. The fourth-order valence-corrected chi connectivity index (χ4v) is 6.75. The smallest absolute Gasteiger partial charge is 0.0136 e. The number of hydrogen-bond donors (Lipinski definition) is 0. The molecule has 88 valence electrons. The molecule has 0 fully saturated rings. The average Bonchev–Trinajstić information content (AvgIpc) is 2.45. The highest BCUT2D eigenvalue weighted by Crippen LogP contribution is 2.33. The Bertz CT molecular complexity index is 418. The molecule has 1 aromatic rings. The van der Waals surface area contributed by atoms with Crippen LogP contribution >= 0.6 is 23.3 Å². The lowest BCUT2D eigenvalue weighted by Gasteiger charge is -1.99. The van der Waals surface area contributed by atoms with Crippen molar-refractivity contribution < 1.29 is 0 Å². The lowest BCUT2D eigenvalue weighted by atomic mass is 10.1. The third-order valence-corrected chi connectivity index (χ3v) is 7.88. The summed E-state index contributed by atoms with van der Waals surface area (Å²) in [6.45, 7) is 0. The topological polar surface area (TPSA) is 0 Å². The van der Waals surface area contributed by atoms with Crippen LogP contribution in [0.5, 0.6) is 0 Å². The minimum Gasteiger partial charge on any atom is -0.0836 e. The van der Waals surface area contributed by atoms with E-state index in [0.717, 1.165) is 0 Å². The first-order chi connectivity index (χ1) is 8.47. The first-order valence-corrected chi connectivity index (χ1v) is 10.4. The van der Waals surface area contributed by atoms with Gasteiger partial charge in [0.25, 0.3) is 0 Å². The predicted molar refractivity (Wildman–Crippen MR) is 83.8 cm³/mol. The molecular formula is C14H17P3. The molecule has 0 saturated carbocycles. The third kappa shape index (κ3) is 4.85. The van der Waals surface area contributed by atoms with Crippen molar-refractivity contribution in [3.63, 3.8) is 0 Å². The van der Waals surface area contributed by atoms with Crippen molar-refractivity contribution in [1.82, 2.24) is 0 Å². The van der Waals surface area contributed by atoms with Gasteiger partial charge in [0.15, 0.2) is 0 Å². The summed E-state index contributed by atoms with van der Waals surface area (Å²) in [5.74, 6) is 0. The second kappa shape index (κ2) is 7.94. The molecule has 0 nitrogen and oxygen atoms in total. The van der Waals surface area contributed by atoms with E-state index in [9.17, 15) is 0 Å². The van der Waals surface area contributed by atoms with Gasteiger partial charge in [-0.25, -0.2) is 0 Å². The molecule has 17 heavy (non-hydrogen) atoms. The maximum absolute atomic E-state index is 2.35. The van der Waals surface area contributed by atoms with E-state index in [0.29, 0.717) is 0 Å². The Morgan fingerprint density at radius 3 is 2.71 bits per heavy atom. The normalized spacial score (nSPS) is 24.1. The van der Waals surface area contributed by atoms with Crippen molar-refractivity contribution in [3.05, 3.63) is 48.0 Å². The van der Waals surface area contributed by atoms with Gasteiger partial charge in [0.1, 0.15) is 0 Å². The van der Waals surface area contributed by atoms with Crippen molar-refractivity contribution in [1.29, 1.82) is 0 Å². The summed E-state index contributed by atoms with van der Waals surface area (Å²) in [4.78, 5) is 0. The van der Waals surface area contributed by atoms with Gasteiger partial charge in [-0.3, -0.25) is 0 Å². The minimum atomic E-state index is 1.24. The average molecular weight is 278 g/mol. The summed E-state index contributed by atoms with van der Waals surface area (Å²) >= 11 is 0. The van der Waals surface area contributed by atoms with Crippen LogP contribution in [0.25, 0.3) is 0 Å². The van der Waals surface area contributed by atoms with Crippen molar-refractivity contribution in [2.75, 3.05) is 6.16 Å². The molecule has 0 bridgehead atoms. The minimum absolute atomic E-state index is 1.24. The summed E-state index contributed by atoms with van der Waals surface area (Å²) in [7, 11) is 4.58. The molecule has 1 heterocycles. The number of allylic oxidation sites excluding steroid dienone is 2. The third-order valence-electron chi connectivity index (χ3n) is 2.69. The Morgan fingerprint density at radius 1 is 0.941 bits per heavy atom. The van der Waals surface area contributed by atoms with E-state index in [1.54, 1.807) is 7.87 Å². The van der Waals surface area contributed by atoms with Crippen molar-refractivity contribution in [2.24, 2.45) is 0 Å². The van der Waals surface area contributed by atoms with E-state index in [4.69, 9.17) is 0 Å². The first kappa shape index (κ1) is 13.2. The molecule has 3 heteroatoms. The van der Waals surface area contributed by atoms with Crippen LogP contribution in [0.15, 0.2) is 42.5 Å². The van der Waals surface area contributed by atoms with Gasteiger partial charge in [0, 0.05) is 5.29 Å². The number of rotatable bonds is 1. The van der Waals surface area contributed by atoms with E-state index in [-0.39, 0.29) is 0 Å². The zero-order valence-corrected chi connectivity index (χ0v) is 12.6. The molecule has 0 radical (unpaired) electrons. The maximum Gasteiger partial charge on any atom is 0.0136 e. The molecule has 2 rings (SSSR count). The van der Waals surface area contributed by atoms with Crippen LogP contribution in [0.1, 0.15) is 31.2 Å². The van der Waals surface area contributed by atoms with Gasteiger partial charge in [-0.15, -0.1) is 0 Å². The fraction of sp³-hybridized carbons (Fsp3) is 0.357. The Morgan fingerprint density at radius 2 is 1.82 bits per heavy atom. The van der Waals surface area contributed by atoms with Crippen LogP contribution in [-0.4, -0.2) is 11.5 Å². The molecule has 0 unspecified atom stereocenters. The van der Waals surface area contributed by atoms with Gasteiger partial charge in [-0.1, -0.05) is 56.8 Å². The lowest BCUT2D eigenvalue weighted by Crippen LogP contribution is -1.91. The van der Waals surface area contributed by atoms with Crippen molar-refractivity contribution >= 4 is 28.6 Å². The molecule has 1 aliphatic rings. The number of hydrogen-bond acceptors (Lipinski definition) is 0. The van der Waals surface area contributed by atoms with Crippen molar-refractivity contribution in [2.45, 2.75) is 25.7 Å². The summed E-state index contributed by atoms with van der Waals surface area (Å²) < 4.78 is 0. The SMILES string of the molecule is C1=C/C(c2ccccc2)=P/P=P\CCCCC\1. The van der Waals surface area contributed by atoms with E-state index in [1.807, 2.05) is 0 Å². The maximum atomic E-state index is 2.35. The predicted octanol–water partition coefficient (Wildman–Crippen LogP) is 6.01. The van der Waals surface area contributed by atoms with Gasteiger partial charge < -0.3 is 0 Å². The first-order valence-electron chi connectivity index (χ1n) is 6.13. The van der Waals surface area contributed by atoms with E-state index < -0.39 is 0 Å². The molecule has 0 atom stereocenters. The molecular weight excluding hydrogens is 261 g/mol. The monoisotopic (exact) mass is 278 g/mol. The Labute approximate surface area is 109 Å². The summed E-state index contributed by atoms with van der Waals surface area (Å²) in [6, 6.07) is 10.8. The summed E-state index contributed by atoms with van der Waals surface area (Å²) in [5, 5.41) is 1.47. The van der Waals surface area contributed by atoms with Gasteiger partial charge in [0.2, 0.25) is 0 Å². The van der Waals surface area contributed by atoms with Gasteiger partial charge >= 0.3 is 0 Å². The highest BCUT2D eigenvalue weighted by atomic mass is 32.2. The van der Waals surface area contributed by atoms with Crippen LogP contribution in [0.4, 0.5) is 0 Å². The van der Waals surface area contributed by atoms with Crippen LogP contribution in [-0.2, 0) is 0 Å². The zero-order valence-electron chi connectivity index (χ0n) is 9.92. The van der Waals surface area contributed by atoms with Crippen LogP contribution < -0.4 is 0 Å². The highest BCUT2D eigenvalue weighted by molar-refractivity contribution is 8.24. The van der Waals surface area contributed by atoms with E-state index >= 15 is 0 Å². The van der Waals surface area contributed by atoms with E-state index in [1.165, 1.54) is 58.2 Å². The van der Waals surface area contributed by atoms with Crippen LogP contribution in [0.2, 0.25) is 0 Å². The molecule has 0 aromatic heterocycles. The van der Waals surface area contributed by atoms with Gasteiger partial charge in [-0.05, 0) is 46.4 Å². The van der Waals surface area contributed by atoms with Crippen molar-refractivity contribution in [3.8, 4) is 0 Å². The second-order valence-corrected chi connectivity index (χ2v) is 9.24. The highest BCUT2D eigenvalue weighted by Gasteiger charge is 1.97. The summed E-state index contributed by atoms with van der Waals surface area (Å²) in [5.41, 5.74) is 1.38. The van der Waals surface area contributed by atoms with Crippen LogP contribution in [0, 0.1) is 0 Å². The largest absolute Gasteiger partial charge is 0.0836 e. The Balaban J connectivity index is 2.21. The molecule has 0 N–H and O–H groups in total. The quantitative estimate of drug-likeness (QED) is 0.552. The Kier molecular flexibility index (Phi) is 6.15. The summed E-state index contributed by atoms with van der Waals surface area (Å²) in [6.07, 6.45) is 11.4. The fourth-order valence-electron chi connectivity index (χ4n) is 1.74. The van der Waals surface area contributed by atoms with Gasteiger partial charge in [0.05, 0.1) is 0 Å². The lowest BCUT2D eigenvalue weighted by molar-refractivity contribution is 0.735. The number of benzene rings is 1. The Hall–Kier alpha value is -0.270. The molecule has 0 spiro atoms. The molecule has 1 aromatic carbocycles. The molecule has 0 aliphatic carbocycles.